The number of carbonyl (C=O) groups excluding carboxylic acids is 2. The maximum absolute atomic E-state index is 13.2. The third kappa shape index (κ3) is 4.91. The van der Waals surface area contributed by atoms with Gasteiger partial charge in [0.2, 0.25) is 6.79 Å². The molecule has 0 spiro atoms. The Morgan fingerprint density at radius 3 is 2.33 bits per heavy atom. The minimum atomic E-state index is -0.0987. The molecule has 2 saturated heterocycles. The highest BCUT2D eigenvalue weighted by atomic mass is 16.7. The number of ether oxygens (including phenoxy) is 5. The van der Waals surface area contributed by atoms with Crippen LogP contribution < -0.4 is 18.9 Å². The van der Waals surface area contributed by atoms with Gasteiger partial charge in [0.15, 0.2) is 11.5 Å². The molecule has 0 saturated carbocycles. The molecule has 5 rings (SSSR count). The highest BCUT2D eigenvalue weighted by molar-refractivity contribution is 5.99. The van der Waals surface area contributed by atoms with Crippen LogP contribution in [0, 0.1) is 0 Å². The van der Waals surface area contributed by atoms with Crippen LogP contribution in [0.1, 0.15) is 20.7 Å². The van der Waals surface area contributed by atoms with Gasteiger partial charge in [-0.05, 0) is 30.3 Å². The number of benzene rings is 2. The Hall–Kier alpha value is -3.50. The first-order valence-corrected chi connectivity index (χ1v) is 12.1. The number of methoxy groups -OCH3 is 2. The van der Waals surface area contributed by atoms with Gasteiger partial charge in [0.05, 0.1) is 26.9 Å². The highest BCUT2D eigenvalue weighted by Gasteiger charge is 2.31. The van der Waals surface area contributed by atoms with Crippen molar-refractivity contribution in [2.75, 3.05) is 73.4 Å². The van der Waals surface area contributed by atoms with E-state index in [0.29, 0.717) is 73.5 Å². The van der Waals surface area contributed by atoms with E-state index >= 15 is 0 Å². The summed E-state index contributed by atoms with van der Waals surface area (Å²) in [7, 11) is 3.10. The molecule has 36 heavy (non-hydrogen) atoms. The van der Waals surface area contributed by atoms with Gasteiger partial charge in [-0.1, -0.05) is 6.07 Å². The Bertz CT molecular complexity index is 1090. The van der Waals surface area contributed by atoms with Gasteiger partial charge in [-0.15, -0.1) is 0 Å². The summed E-state index contributed by atoms with van der Waals surface area (Å²) >= 11 is 0. The lowest BCUT2D eigenvalue weighted by molar-refractivity contribution is -0.0400. The number of hydrogen-bond acceptors (Lipinski definition) is 8. The van der Waals surface area contributed by atoms with Crippen LogP contribution in [0.3, 0.4) is 0 Å². The predicted molar refractivity (Wildman–Crippen MR) is 130 cm³/mol. The maximum atomic E-state index is 13.2. The number of hydrogen-bond donors (Lipinski definition) is 0. The zero-order valence-corrected chi connectivity index (χ0v) is 20.6. The van der Waals surface area contributed by atoms with Gasteiger partial charge in [-0.2, -0.15) is 0 Å². The van der Waals surface area contributed by atoms with Crippen molar-refractivity contribution in [2.24, 2.45) is 0 Å². The van der Waals surface area contributed by atoms with E-state index in [2.05, 4.69) is 4.90 Å². The second-order valence-electron chi connectivity index (χ2n) is 8.94. The first-order valence-electron chi connectivity index (χ1n) is 12.1. The fourth-order valence-electron chi connectivity index (χ4n) is 4.87. The smallest absolute Gasteiger partial charge is 0.261 e. The number of fused-ring (bicyclic) bond motifs is 1. The van der Waals surface area contributed by atoms with Gasteiger partial charge < -0.3 is 33.5 Å². The predicted octanol–water partition coefficient (Wildman–Crippen LogP) is 1.73. The fourth-order valence-corrected chi connectivity index (χ4v) is 4.87. The van der Waals surface area contributed by atoms with Crippen LogP contribution in [0.4, 0.5) is 0 Å². The molecule has 0 unspecified atom stereocenters. The Balaban J connectivity index is 1.15. The van der Waals surface area contributed by atoms with Crippen LogP contribution >= 0.6 is 0 Å². The van der Waals surface area contributed by atoms with Crippen LogP contribution in [0.25, 0.3) is 0 Å². The van der Waals surface area contributed by atoms with Crippen molar-refractivity contribution in [1.82, 2.24) is 14.7 Å². The second-order valence-corrected chi connectivity index (χ2v) is 8.94. The van der Waals surface area contributed by atoms with Crippen molar-refractivity contribution in [3.05, 3.63) is 47.5 Å². The molecule has 10 heteroatoms. The van der Waals surface area contributed by atoms with Crippen LogP contribution in [0.15, 0.2) is 36.4 Å². The number of morpholine rings is 1. The molecule has 0 radical (unpaired) electrons. The number of carbonyl (C=O) groups is 2. The third-order valence-electron chi connectivity index (χ3n) is 6.81. The summed E-state index contributed by atoms with van der Waals surface area (Å²) in [6.45, 7) is 5.06. The van der Waals surface area contributed by atoms with Crippen molar-refractivity contribution in [3.8, 4) is 23.0 Å². The van der Waals surface area contributed by atoms with Gasteiger partial charge in [0, 0.05) is 51.4 Å². The van der Waals surface area contributed by atoms with Crippen molar-refractivity contribution in [2.45, 2.75) is 6.10 Å². The van der Waals surface area contributed by atoms with E-state index in [1.54, 1.807) is 50.6 Å². The first-order chi connectivity index (χ1) is 17.6. The van der Waals surface area contributed by atoms with Crippen LogP contribution in [-0.4, -0.2) is 106 Å². The quantitative estimate of drug-likeness (QED) is 0.596. The summed E-state index contributed by atoms with van der Waals surface area (Å²) in [6, 6.07) is 10.6. The summed E-state index contributed by atoms with van der Waals surface area (Å²) < 4.78 is 27.5. The molecule has 0 bridgehead atoms. The number of nitrogens with zero attached hydrogens (tertiary/aromatic N) is 3. The molecular weight excluding hydrogens is 466 g/mol. The molecule has 3 heterocycles. The van der Waals surface area contributed by atoms with Gasteiger partial charge in [-0.25, -0.2) is 0 Å². The minimum absolute atomic E-state index is 0.0391. The summed E-state index contributed by atoms with van der Waals surface area (Å²) in [6.07, 6.45) is -0.0896. The SMILES string of the molecule is COc1cccc(OC)c1C(=O)N1CCN(C[C@H]2CN(C(=O)c3ccc4c(c3)OCO4)CCO2)CC1. The molecule has 2 fully saturated rings. The number of rotatable bonds is 6. The maximum Gasteiger partial charge on any atom is 0.261 e. The van der Waals surface area contributed by atoms with E-state index in [0.717, 1.165) is 13.1 Å². The first kappa shape index (κ1) is 24.2. The molecule has 192 valence electrons. The molecule has 2 aromatic rings. The minimum Gasteiger partial charge on any atom is -0.496 e. The van der Waals surface area contributed by atoms with Crippen LogP contribution in [0.5, 0.6) is 23.0 Å². The number of amides is 2. The number of piperazine rings is 1. The Morgan fingerprint density at radius 2 is 1.61 bits per heavy atom. The monoisotopic (exact) mass is 497 g/mol. The van der Waals surface area contributed by atoms with Gasteiger partial charge in [0.25, 0.3) is 11.8 Å². The average molecular weight is 498 g/mol. The molecule has 0 N–H and O–H groups in total. The molecule has 10 nitrogen and oxygen atoms in total. The van der Waals surface area contributed by atoms with Crippen LogP contribution in [0.2, 0.25) is 0 Å². The van der Waals surface area contributed by atoms with E-state index < -0.39 is 0 Å². The summed E-state index contributed by atoms with van der Waals surface area (Å²) in [4.78, 5) is 32.3. The zero-order valence-electron chi connectivity index (χ0n) is 20.6. The molecular formula is C26H31N3O7. The van der Waals surface area contributed by atoms with Crippen molar-refractivity contribution >= 4 is 11.8 Å². The molecule has 0 aliphatic carbocycles. The topological polar surface area (TPSA) is 90.0 Å². The lowest BCUT2D eigenvalue weighted by atomic mass is 10.1. The van der Waals surface area contributed by atoms with E-state index in [1.807, 2.05) is 9.80 Å². The standard InChI is InChI=1S/C26H31N3O7/c1-32-21-4-3-5-22(33-2)24(21)26(31)28-10-8-27(9-11-28)15-19-16-29(12-13-34-19)25(30)18-6-7-20-23(14-18)36-17-35-20/h3-7,14,19H,8-13,15-17H2,1-2H3/t19-/m0/s1. The third-order valence-corrected chi connectivity index (χ3v) is 6.81. The molecule has 1 atom stereocenters. The second kappa shape index (κ2) is 10.6. The molecule has 2 aromatic carbocycles. The van der Waals surface area contributed by atoms with Crippen LogP contribution in [-0.2, 0) is 4.74 Å². The van der Waals surface area contributed by atoms with Gasteiger partial charge in [-0.3, -0.25) is 14.5 Å². The zero-order chi connectivity index (χ0) is 25.1. The highest BCUT2D eigenvalue weighted by Crippen LogP contribution is 2.33. The molecule has 0 aromatic heterocycles. The van der Waals surface area contributed by atoms with Gasteiger partial charge >= 0.3 is 0 Å². The van der Waals surface area contributed by atoms with Crippen molar-refractivity contribution < 1.29 is 33.3 Å². The summed E-state index contributed by atoms with van der Waals surface area (Å²) in [5, 5.41) is 0. The summed E-state index contributed by atoms with van der Waals surface area (Å²) in [5.41, 5.74) is 1.03. The Labute approximate surface area is 210 Å². The molecule has 3 aliphatic heterocycles. The Morgan fingerprint density at radius 1 is 0.889 bits per heavy atom. The molecule has 2 amide bonds. The lowest BCUT2D eigenvalue weighted by Gasteiger charge is -2.39. The van der Waals surface area contributed by atoms with Crippen molar-refractivity contribution in [3.63, 3.8) is 0 Å². The largest absolute Gasteiger partial charge is 0.496 e. The van der Waals surface area contributed by atoms with E-state index in [1.165, 1.54) is 0 Å². The fraction of sp³-hybridized carbons (Fsp3) is 0.462. The average Bonchev–Trinajstić information content (AvgIpc) is 3.40. The normalized spacial score (nSPS) is 19.8. The summed E-state index contributed by atoms with van der Waals surface area (Å²) in [5.74, 6) is 2.13. The van der Waals surface area contributed by atoms with Crippen molar-refractivity contribution in [1.29, 1.82) is 0 Å². The van der Waals surface area contributed by atoms with Gasteiger partial charge in [0.1, 0.15) is 17.1 Å². The Kier molecular flexibility index (Phi) is 7.15. The van der Waals surface area contributed by atoms with E-state index in [4.69, 9.17) is 23.7 Å². The lowest BCUT2D eigenvalue weighted by Crippen LogP contribution is -2.54. The van der Waals surface area contributed by atoms with E-state index in [-0.39, 0.29) is 24.7 Å². The molecule has 3 aliphatic rings. The van der Waals surface area contributed by atoms with E-state index in [9.17, 15) is 9.59 Å².